The number of nitrogens with one attached hydrogen (secondary N) is 1. The van der Waals surface area contributed by atoms with Crippen LogP contribution in [0.15, 0.2) is 36.0 Å². The van der Waals surface area contributed by atoms with Crippen molar-refractivity contribution in [2.45, 2.75) is 115 Å². The first-order chi connectivity index (χ1) is 19.9. The number of carbonyl (C=O) groups excluding carboxylic acids is 2. The van der Waals surface area contributed by atoms with E-state index in [1.165, 1.54) is 44.1 Å². The number of fused-ring (bicyclic) bond motifs is 2. The Kier molecular flexibility index (Phi) is 8.67. The second kappa shape index (κ2) is 12.4. The first-order valence-corrected chi connectivity index (χ1v) is 16.5. The van der Waals surface area contributed by atoms with Crippen molar-refractivity contribution in [1.82, 2.24) is 9.88 Å². The minimum absolute atomic E-state index is 0.0329. The fraction of sp³-hybridized carbons (Fsp3) is 0.657. The maximum absolute atomic E-state index is 14.6. The van der Waals surface area contributed by atoms with Crippen molar-refractivity contribution < 1.29 is 14.0 Å². The van der Waals surface area contributed by atoms with E-state index in [-0.39, 0.29) is 47.7 Å². The van der Waals surface area contributed by atoms with Crippen molar-refractivity contribution in [2.24, 2.45) is 29.4 Å². The number of hydrogen-bond donors (Lipinski definition) is 2. The molecule has 5 atom stereocenters. The van der Waals surface area contributed by atoms with Gasteiger partial charge in [-0.15, -0.1) is 0 Å². The van der Waals surface area contributed by atoms with Crippen molar-refractivity contribution >= 4 is 22.6 Å². The number of aromatic nitrogens is 1. The van der Waals surface area contributed by atoms with Crippen LogP contribution in [0.4, 0.5) is 4.39 Å². The Bertz CT molecular complexity index is 1270. The molecule has 1 saturated heterocycles. The van der Waals surface area contributed by atoms with Gasteiger partial charge in [0, 0.05) is 47.9 Å². The minimum atomic E-state index is -0.491. The van der Waals surface area contributed by atoms with Gasteiger partial charge in [0.1, 0.15) is 11.6 Å². The van der Waals surface area contributed by atoms with E-state index in [1.807, 2.05) is 13.0 Å². The Hall–Kier alpha value is -2.47. The van der Waals surface area contributed by atoms with Gasteiger partial charge in [0.25, 0.3) is 0 Å². The number of nitrogens with zero attached hydrogens (tertiary/aromatic N) is 1. The van der Waals surface area contributed by atoms with Crippen LogP contribution in [-0.2, 0) is 9.59 Å². The third-order valence-corrected chi connectivity index (χ3v) is 11.1. The van der Waals surface area contributed by atoms with Crippen LogP contribution >= 0.6 is 0 Å². The molecule has 2 saturated carbocycles. The van der Waals surface area contributed by atoms with Gasteiger partial charge < -0.3 is 15.6 Å². The van der Waals surface area contributed by atoms with E-state index >= 15 is 0 Å². The minimum Gasteiger partial charge on any atom is -0.361 e. The van der Waals surface area contributed by atoms with E-state index in [9.17, 15) is 14.0 Å². The molecule has 1 amide bonds. The Balaban J connectivity index is 1.35. The topological polar surface area (TPSA) is 79.2 Å². The molecule has 4 aliphatic rings. The highest BCUT2D eigenvalue weighted by Crippen LogP contribution is 2.49. The molecule has 3 aliphatic carbocycles. The maximum Gasteiger partial charge on any atom is 0.226 e. The number of carbonyl (C=O) groups is 2. The van der Waals surface area contributed by atoms with E-state index in [0.717, 1.165) is 56.0 Å². The molecule has 2 heterocycles. The number of rotatable bonds is 8. The molecule has 5 unspecified atom stereocenters. The number of likely N-dealkylation sites (tertiary alicyclic amines) is 1. The van der Waals surface area contributed by atoms with Crippen LogP contribution in [-0.4, -0.2) is 40.2 Å². The molecule has 5 nitrogen and oxygen atoms in total. The number of ketones is 1. The monoisotopic (exact) mass is 561 g/mol. The molecule has 3 fully saturated rings. The van der Waals surface area contributed by atoms with E-state index in [4.69, 9.17) is 5.73 Å². The lowest BCUT2D eigenvalue weighted by Crippen LogP contribution is -2.48. The maximum atomic E-state index is 14.6. The summed E-state index contributed by atoms with van der Waals surface area (Å²) in [7, 11) is 0. The number of hydrogen-bond acceptors (Lipinski definition) is 3. The zero-order valence-electron chi connectivity index (χ0n) is 24.8. The highest BCUT2D eigenvalue weighted by Gasteiger charge is 2.48. The summed E-state index contributed by atoms with van der Waals surface area (Å²) in [6, 6.07) is 4.61. The first kappa shape index (κ1) is 28.6. The number of allylic oxidation sites excluding steroid dienone is 1. The molecule has 41 heavy (non-hydrogen) atoms. The van der Waals surface area contributed by atoms with Crippen LogP contribution in [0.2, 0.25) is 0 Å². The number of nitrogens with two attached hydrogens (primary N) is 1. The molecule has 1 aromatic carbocycles. The van der Waals surface area contributed by atoms with Crippen LogP contribution in [0.1, 0.15) is 108 Å². The van der Waals surface area contributed by atoms with E-state index < -0.39 is 6.04 Å². The molecular weight excluding hydrogens is 513 g/mol. The average Bonchev–Trinajstić information content (AvgIpc) is 3.63. The predicted molar refractivity (Wildman–Crippen MR) is 162 cm³/mol. The summed E-state index contributed by atoms with van der Waals surface area (Å²) in [6.45, 7) is 2.69. The second-order valence-corrected chi connectivity index (χ2v) is 13.5. The molecule has 222 valence electrons. The molecule has 2 aromatic rings. The summed E-state index contributed by atoms with van der Waals surface area (Å²) in [5.74, 6) is 1.07. The summed E-state index contributed by atoms with van der Waals surface area (Å²) < 4.78 is 14.1. The van der Waals surface area contributed by atoms with Gasteiger partial charge >= 0.3 is 0 Å². The Morgan fingerprint density at radius 2 is 1.78 bits per heavy atom. The Morgan fingerprint density at radius 1 is 1.05 bits per heavy atom. The van der Waals surface area contributed by atoms with Gasteiger partial charge in [-0.3, -0.25) is 9.59 Å². The summed E-state index contributed by atoms with van der Waals surface area (Å²) in [5.41, 5.74) is 9.78. The van der Waals surface area contributed by atoms with Crippen LogP contribution in [0.3, 0.4) is 0 Å². The van der Waals surface area contributed by atoms with Crippen molar-refractivity contribution in [3.05, 3.63) is 47.4 Å². The molecule has 3 N–H and O–H groups in total. The van der Waals surface area contributed by atoms with Gasteiger partial charge in [0.15, 0.2) is 0 Å². The van der Waals surface area contributed by atoms with Crippen LogP contribution < -0.4 is 5.73 Å². The largest absolute Gasteiger partial charge is 0.361 e. The number of Topliss-reactive ketones (excluding diaryl/α,β-unsaturated/α-hetero) is 1. The lowest BCUT2D eigenvalue weighted by atomic mass is 9.69. The zero-order valence-corrected chi connectivity index (χ0v) is 24.8. The molecule has 6 heteroatoms. The number of aromatic amines is 1. The summed E-state index contributed by atoms with van der Waals surface area (Å²) in [4.78, 5) is 33.3. The number of H-pyrrole nitrogens is 1. The molecule has 0 bridgehead atoms. The summed E-state index contributed by atoms with van der Waals surface area (Å²) in [5, 5.41) is 1.06. The van der Waals surface area contributed by atoms with Gasteiger partial charge in [-0.25, -0.2) is 4.39 Å². The molecule has 0 radical (unpaired) electrons. The van der Waals surface area contributed by atoms with Crippen molar-refractivity contribution in [1.29, 1.82) is 0 Å². The van der Waals surface area contributed by atoms with Crippen LogP contribution in [0.25, 0.3) is 10.9 Å². The van der Waals surface area contributed by atoms with E-state index in [0.29, 0.717) is 18.3 Å². The number of benzene rings is 1. The molecule has 1 aliphatic heterocycles. The van der Waals surface area contributed by atoms with Crippen molar-refractivity contribution in [2.75, 3.05) is 6.54 Å². The first-order valence-electron chi connectivity index (χ1n) is 16.5. The standard InChI is InChI=1S/C35H48FN3O2/c1-2-31(37)33(40)20-28(23-11-7-4-8-12-23)35(41)39-16-15-24-17-25(22-9-5-3-6-10-22)18-29(34(24)39)30-21-38-32-19-26(36)13-14-27(30)32/h13-14,17,19,21-24,28-29,31,34,38H,2-12,15-16,18,20,37H2,1H3. The predicted octanol–water partition coefficient (Wildman–Crippen LogP) is 7.41. The lowest BCUT2D eigenvalue weighted by Gasteiger charge is -2.42. The number of halogens is 1. The molecular formula is C35H48FN3O2. The molecule has 0 spiro atoms. The summed E-state index contributed by atoms with van der Waals surface area (Å²) >= 11 is 0. The third-order valence-electron chi connectivity index (χ3n) is 11.1. The Morgan fingerprint density at radius 3 is 2.51 bits per heavy atom. The molecule has 6 rings (SSSR count). The van der Waals surface area contributed by atoms with E-state index in [1.54, 1.807) is 17.7 Å². The quantitative estimate of drug-likeness (QED) is 0.329. The fourth-order valence-electron chi connectivity index (χ4n) is 8.81. The molecule has 1 aromatic heterocycles. The van der Waals surface area contributed by atoms with Crippen molar-refractivity contribution in [3.63, 3.8) is 0 Å². The van der Waals surface area contributed by atoms with Gasteiger partial charge in [0.05, 0.1) is 6.04 Å². The third kappa shape index (κ3) is 5.78. The highest BCUT2D eigenvalue weighted by molar-refractivity contribution is 5.90. The fourth-order valence-corrected chi connectivity index (χ4v) is 8.81. The summed E-state index contributed by atoms with van der Waals surface area (Å²) in [6.07, 6.45) is 19.4. The van der Waals surface area contributed by atoms with Gasteiger partial charge in [0.2, 0.25) is 5.91 Å². The zero-order chi connectivity index (χ0) is 28.5. The van der Waals surface area contributed by atoms with E-state index in [2.05, 4.69) is 22.2 Å². The van der Waals surface area contributed by atoms with Gasteiger partial charge in [-0.2, -0.15) is 0 Å². The average molecular weight is 562 g/mol. The number of amides is 1. The lowest BCUT2D eigenvalue weighted by molar-refractivity contribution is -0.142. The van der Waals surface area contributed by atoms with Crippen LogP contribution in [0, 0.1) is 29.5 Å². The van der Waals surface area contributed by atoms with Gasteiger partial charge in [-0.05, 0) is 86.5 Å². The SMILES string of the molecule is CCC(N)C(=O)CC(C(=O)N1CCC2C=C(C3CCCCC3)CC(c3c[nH]c4cc(F)ccc34)C21)C1CCCCC1. The Labute approximate surface area is 244 Å². The smallest absolute Gasteiger partial charge is 0.226 e. The highest BCUT2D eigenvalue weighted by atomic mass is 19.1. The second-order valence-electron chi connectivity index (χ2n) is 13.5. The normalized spacial score (nSPS) is 27.4. The van der Waals surface area contributed by atoms with Crippen LogP contribution in [0.5, 0.6) is 0 Å². The van der Waals surface area contributed by atoms with Gasteiger partial charge in [-0.1, -0.05) is 57.1 Å². The van der Waals surface area contributed by atoms with Crippen molar-refractivity contribution in [3.8, 4) is 0 Å².